The van der Waals surface area contributed by atoms with Gasteiger partial charge in [-0.1, -0.05) is 23.7 Å². The van der Waals surface area contributed by atoms with Crippen LogP contribution in [0.25, 0.3) is 0 Å². The Bertz CT molecular complexity index is 312. The van der Waals surface area contributed by atoms with Gasteiger partial charge in [0.1, 0.15) is 0 Å². The van der Waals surface area contributed by atoms with Crippen LogP contribution in [0.15, 0.2) is 24.3 Å². The predicted molar refractivity (Wildman–Crippen MR) is 62.8 cm³/mol. The lowest BCUT2D eigenvalue weighted by Gasteiger charge is -2.09. The molecule has 2 rings (SSSR count). The van der Waals surface area contributed by atoms with Crippen LogP contribution in [0.1, 0.15) is 18.0 Å². The van der Waals surface area contributed by atoms with Crippen molar-refractivity contribution in [3.63, 3.8) is 0 Å². The number of rotatable bonds is 3. The summed E-state index contributed by atoms with van der Waals surface area (Å²) in [5.74, 6) is 0. The van der Waals surface area contributed by atoms with Crippen molar-refractivity contribution in [3.05, 3.63) is 34.9 Å². The van der Waals surface area contributed by atoms with E-state index in [0.717, 1.165) is 18.0 Å². The molecule has 1 aliphatic rings. The highest BCUT2D eigenvalue weighted by atomic mass is 35.5. The molecule has 1 fully saturated rings. The van der Waals surface area contributed by atoms with E-state index < -0.39 is 0 Å². The van der Waals surface area contributed by atoms with Crippen LogP contribution in [-0.2, 0) is 0 Å². The zero-order chi connectivity index (χ0) is 10.7. The van der Waals surface area contributed by atoms with E-state index in [9.17, 15) is 0 Å². The minimum atomic E-state index is 0.389. The Hall–Kier alpha value is -0.610. The van der Waals surface area contributed by atoms with E-state index in [2.05, 4.69) is 28.3 Å². The van der Waals surface area contributed by atoms with E-state index in [1.54, 1.807) is 0 Å². The maximum atomic E-state index is 5.85. The van der Waals surface area contributed by atoms with E-state index in [1.807, 2.05) is 19.2 Å². The van der Waals surface area contributed by atoms with Crippen molar-refractivity contribution >= 4 is 11.6 Å². The molecule has 1 saturated heterocycles. The number of benzene rings is 1. The summed E-state index contributed by atoms with van der Waals surface area (Å²) >= 11 is 5.85. The summed E-state index contributed by atoms with van der Waals surface area (Å²) in [5.41, 5.74) is 7.85. The van der Waals surface area contributed by atoms with Crippen molar-refractivity contribution < 1.29 is 0 Å². The summed E-state index contributed by atoms with van der Waals surface area (Å²) in [5, 5.41) is 3.96. The average Bonchev–Trinajstić information content (AvgIpc) is 2.68. The number of halogens is 1. The Morgan fingerprint density at radius 2 is 2.07 bits per heavy atom. The lowest BCUT2D eigenvalue weighted by atomic mass is 10.0. The molecule has 1 aliphatic heterocycles. The number of hydrogen-bond acceptors (Lipinski definition) is 3. The molecule has 0 amide bonds. The Balaban J connectivity index is 1.98. The first-order valence-electron chi connectivity index (χ1n) is 5.20. The maximum Gasteiger partial charge on any atom is 0.0478 e. The van der Waals surface area contributed by atoms with Crippen molar-refractivity contribution in [1.82, 2.24) is 16.2 Å². The van der Waals surface area contributed by atoms with Gasteiger partial charge in [-0.25, -0.2) is 5.43 Å². The van der Waals surface area contributed by atoms with Crippen LogP contribution in [0.3, 0.4) is 0 Å². The molecule has 3 N–H and O–H groups in total. The van der Waals surface area contributed by atoms with Crippen LogP contribution in [0.2, 0.25) is 5.02 Å². The molecule has 1 heterocycles. The molecule has 0 radical (unpaired) electrons. The van der Waals surface area contributed by atoms with Crippen LogP contribution >= 0.6 is 11.6 Å². The SMILES string of the molecule is CNCC1CC(c2ccc(Cl)cc2)NN1. The molecule has 82 valence electrons. The molecular weight excluding hydrogens is 210 g/mol. The fraction of sp³-hybridized carbons (Fsp3) is 0.455. The van der Waals surface area contributed by atoms with E-state index in [-0.39, 0.29) is 0 Å². The third-order valence-electron chi connectivity index (χ3n) is 2.70. The molecule has 0 saturated carbocycles. The Labute approximate surface area is 95.2 Å². The molecule has 4 heteroatoms. The second-order valence-electron chi connectivity index (χ2n) is 3.88. The summed E-state index contributed by atoms with van der Waals surface area (Å²) in [6, 6.07) is 8.90. The lowest BCUT2D eigenvalue weighted by molar-refractivity contribution is 0.524. The van der Waals surface area contributed by atoms with Gasteiger partial charge >= 0.3 is 0 Å². The van der Waals surface area contributed by atoms with Gasteiger partial charge in [0.25, 0.3) is 0 Å². The standard InChI is InChI=1S/C11H16ClN3/c1-13-7-10-6-11(15-14-10)8-2-4-9(12)5-3-8/h2-5,10-11,13-15H,6-7H2,1H3. The Kier molecular flexibility index (Phi) is 3.59. The minimum absolute atomic E-state index is 0.389. The summed E-state index contributed by atoms with van der Waals surface area (Å²) in [4.78, 5) is 0. The fourth-order valence-electron chi connectivity index (χ4n) is 1.92. The fourth-order valence-corrected chi connectivity index (χ4v) is 2.04. The van der Waals surface area contributed by atoms with Gasteiger partial charge in [0.2, 0.25) is 0 Å². The molecule has 15 heavy (non-hydrogen) atoms. The zero-order valence-electron chi connectivity index (χ0n) is 8.76. The van der Waals surface area contributed by atoms with Crippen LogP contribution in [-0.4, -0.2) is 19.6 Å². The molecule has 0 bridgehead atoms. The van der Waals surface area contributed by atoms with Gasteiger partial charge in [0, 0.05) is 23.7 Å². The maximum absolute atomic E-state index is 5.85. The van der Waals surface area contributed by atoms with Crippen LogP contribution in [0.5, 0.6) is 0 Å². The Morgan fingerprint density at radius 3 is 2.73 bits per heavy atom. The monoisotopic (exact) mass is 225 g/mol. The van der Waals surface area contributed by atoms with E-state index in [4.69, 9.17) is 11.6 Å². The average molecular weight is 226 g/mol. The van der Waals surface area contributed by atoms with E-state index >= 15 is 0 Å². The van der Waals surface area contributed by atoms with Crippen LogP contribution in [0.4, 0.5) is 0 Å². The normalized spacial score (nSPS) is 25.7. The quantitative estimate of drug-likeness (QED) is 0.729. The lowest BCUT2D eigenvalue weighted by Crippen LogP contribution is -2.36. The highest BCUT2D eigenvalue weighted by molar-refractivity contribution is 6.30. The molecule has 1 aromatic rings. The Morgan fingerprint density at radius 1 is 1.33 bits per heavy atom. The third kappa shape index (κ3) is 2.69. The first-order chi connectivity index (χ1) is 7.29. The van der Waals surface area contributed by atoms with Crippen molar-refractivity contribution in [3.8, 4) is 0 Å². The largest absolute Gasteiger partial charge is 0.318 e. The first kappa shape index (κ1) is 10.9. The molecule has 0 spiro atoms. The van der Waals surface area contributed by atoms with Crippen molar-refractivity contribution in [2.75, 3.05) is 13.6 Å². The van der Waals surface area contributed by atoms with Gasteiger partial charge < -0.3 is 5.32 Å². The molecule has 2 unspecified atom stereocenters. The van der Waals surface area contributed by atoms with Gasteiger partial charge in [-0.05, 0) is 31.2 Å². The number of hydrogen-bond donors (Lipinski definition) is 3. The zero-order valence-corrected chi connectivity index (χ0v) is 9.51. The van der Waals surface area contributed by atoms with Gasteiger partial charge in [0.05, 0.1) is 0 Å². The van der Waals surface area contributed by atoms with Gasteiger partial charge in [0.15, 0.2) is 0 Å². The third-order valence-corrected chi connectivity index (χ3v) is 2.96. The molecular formula is C11H16ClN3. The second kappa shape index (κ2) is 4.94. The summed E-state index contributed by atoms with van der Waals surface area (Å²) in [6.07, 6.45) is 1.10. The number of hydrazine groups is 1. The molecule has 1 aromatic carbocycles. The van der Waals surface area contributed by atoms with Crippen molar-refractivity contribution in [1.29, 1.82) is 0 Å². The van der Waals surface area contributed by atoms with E-state index in [1.165, 1.54) is 5.56 Å². The first-order valence-corrected chi connectivity index (χ1v) is 5.58. The van der Waals surface area contributed by atoms with Crippen LogP contribution in [0, 0.1) is 0 Å². The number of likely N-dealkylation sites (N-methyl/N-ethyl adjacent to an activating group) is 1. The molecule has 0 aromatic heterocycles. The summed E-state index contributed by atoms with van der Waals surface area (Å²) < 4.78 is 0. The van der Waals surface area contributed by atoms with Crippen molar-refractivity contribution in [2.45, 2.75) is 18.5 Å². The van der Waals surface area contributed by atoms with Crippen molar-refractivity contribution in [2.24, 2.45) is 0 Å². The molecule has 3 nitrogen and oxygen atoms in total. The van der Waals surface area contributed by atoms with Gasteiger partial charge in [-0.2, -0.15) is 0 Å². The second-order valence-corrected chi connectivity index (χ2v) is 4.32. The highest BCUT2D eigenvalue weighted by Gasteiger charge is 2.23. The van der Waals surface area contributed by atoms with Gasteiger partial charge in [-0.3, -0.25) is 5.43 Å². The van der Waals surface area contributed by atoms with Crippen LogP contribution < -0.4 is 16.2 Å². The predicted octanol–water partition coefficient (Wildman–Crippen LogP) is 1.47. The minimum Gasteiger partial charge on any atom is -0.318 e. The topological polar surface area (TPSA) is 36.1 Å². The number of nitrogens with one attached hydrogen (secondary N) is 3. The smallest absolute Gasteiger partial charge is 0.0478 e. The van der Waals surface area contributed by atoms with Gasteiger partial charge in [-0.15, -0.1) is 0 Å². The molecule has 0 aliphatic carbocycles. The molecule has 2 atom stereocenters. The summed E-state index contributed by atoms with van der Waals surface area (Å²) in [7, 11) is 1.97. The highest BCUT2D eigenvalue weighted by Crippen LogP contribution is 2.23. The van der Waals surface area contributed by atoms with E-state index in [0.29, 0.717) is 12.1 Å². The summed E-state index contributed by atoms with van der Waals surface area (Å²) in [6.45, 7) is 0.983.